The molecule has 0 spiro atoms. The molecule has 0 aliphatic heterocycles. The molecule has 7 aromatic rings. The Hall–Kier alpha value is -9.33. The SMILES string of the molecule is CC(O)CN(CCS(=O)(=O)c1ccc(N)cc1)CC(C)O.CCN(CCO)CCS(=O)(=O)c1cc(OC)c(N)cc1OC.CN(CCO)CCS(=O)(=O)c1ccc(N)cc1.COc1cc(S(=O)(=O)CCN(C)CCO)c(OC)cc1N.COc1cc(S(=O)(=O)CCN(CCO)CCO)c(OC)cc1N.COc1ccc(S(=O)(=O)CCN(CCO)CCO)cc1N.Nc1ccc(S(=O)(=O)CCN(CCO)CCO)cc1. The van der Waals surface area contributed by atoms with Gasteiger partial charge in [0.1, 0.15) is 54.9 Å². The van der Waals surface area contributed by atoms with Crippen LogP contribution < -0.4 is 73.3 Å². The molecule has 7 aromatic carbocycles. The van der Waals surface area contributed by atoms with E-state index in [1.165, 1.54) is 141 Å². The van der Waals surface area contributed by atoms with Crippen LogP contribution in [0.25, 0.3) is 0 Å². The molecule has 0 aromatic heterocycles. The summed E-state index contributed by atoms with van der Waals surface area (Å²) in [7, 11) is -10.9. The third-order valence-corrected chi connectivity index (χ3v) is 33.0. The molecule has 25 N–H and O–H groups in total. The standard InChI is InChI=1S/C14H24N2O6S.C14H24N2O5S.C14H24N2O4S.2C13H22N2O5S.C12H20N2O4S.C11H18N2O3S/c1-21-12-10-14(13(22-2)9-11(12)15)23(19,20)8-5-16(3-6-17)4-7-18;1-4-16(5-7-17)6-8-22(18,19)14-10-12(20-2)11(15)9-13(14)21-3;1-11(17)9-16(10-12(2)18)7-8-21(19,20)14-5-3-13(15)4-6-14;1-15(4-6-16)5-7-21(17,18)13-9-11(19-2)10(14)8-12(13)20-3;1-20-13-3-2-11(10-12(13)14)21(18,19)9-6-15(4-7-16)5-8-17;13-11-1-3-12(4-2-11)19(17,18)10-7-14(5-8-15)6-9-16;1-13(6-8-14)7-9-17(15,16)11-4-2-10(12)3-5-11/h9-10,17-18H,3-8,15H2,1-2H3;9-10,17H,4-8,15H2,1-3H3;3-6,11-12,17-18H,7-10,15H2,1-2H3;8-9,16H,4-7,14H2,1-3H3;2-3,10,16-17H,4-9,14H2,1H3;1-4,15-16H,5-10,13H2;2-5,14H,6-9,12H2,1H3. The predicted molar refractivity (Wildman–Crippen MR) is 556 cm³/mol. The molecule has 53 heteroatoms. The average molecular weight is 2180 g/mol. The third kappa shape index (κ3) is 49.0. The van der Waals surface area contributed by atoms with Gasteiger partial charge in [-0.1, -0.05) is 6.92 Å². The molecule has 0 radical (unpaired) electrons. The summed E-state index contributed by atoms with van der Waals surface area (Å²) in [6, 6.07) is 31.0. The number of likely N-dealkylation sites (N-methyl/N-ethyl adjacent to an activating group) is 3. The fraction of sp³-hybridized carbons (Fsp3) is 0.538. The molecule has 0 heterocycles. The molecule has 2 atom stereocenters. The van der Waals surface area contributed by atoms with Gasteiger partial charge in [-0.15, -0.1) is 0 Å². The fourth-order valence-electron chi connectivity index (χ4n) is 12.9. The number of sulfone groups is 7. The van der Waals surface area contributed by atoms with Gasteiger partial charge in [-0.05, 0) is 125 Å². The Kier molecular flexibility index (Phi) is 62.9. The Bertz CT molecular complexity index is 5680. The van der Waals surface area contributed by atoms with E-state index in [1.54, 1.807) is 93.7 Å². The number of methoxy groups -OCH3 is 7. The maximum Gasteiger partial charge on any atom is 0.183 e. The number of hydrogen-bond acceptors (Lipinski definition) is 46. The number of nitrogen functional groups attached to an aromatic ring is 7. The molecule has 0 amide bonds. The lowest BCUT2D eigenvalue weighted by atomic mass is 10.3. The van der Waals surface area contributed by atoms with Gasteiger partial charge in [0.15, 0.2) is 68.9 Å². The van der Waals surface area contributed by atoms with E-state index in [0.717, 1.165) is 0 Å². The van der Waals surface area contributed by atoms with Crippen LogP contribution in [0.5, 0.6) is 40.2 Å². The largest absolute Gasteiger partial charge is 0.495 e. The van der Waals surface area contributed by atoms with Crippen LogP contribution in [0.3, 0.4) is 0 Å². The number of nitrogens with two attached hydrogens (primary N) is 7. The van der Waals surface area contributed by atoms with Gasteiger partial charge in [-0.25, -0.2) is 58.9 Å². The molecule has 7 rings (SSSR count). The summed E-state index contributed by atoms with van der Waals surface area (Å²) in [5.74, 6) is 1.25. The minimum Gasteiger partial charge on any atom is -0.495 e. The van der Waals surface area contributed by atoms with Crippen molar-refractivity contribution in [3.63, 3.8) is 0 Å². The maximum atomic E-state index is 12.6. The zero-order valence-electron chi connectivity index (χ0n) is 84.1. The summed E-state index contributed by atoms with van der Waals surface area (Å²) < 4.78 is 208. The monoisotopic (exact) mass is 2180 g/mol. The summed E-state index contributed by atoms with van der Waals surface area (Å²) in [6.07, 6.45) is -1.16. The summed E-state index contributed by atoms with van der Waals surface area (Å²) >= 11 is 0. The highest BCUT2D eigenvalue weighted by atomic mass is 32.2. The van der Waals surface area contributed by atoms with Crippen molar-refractivity contribution in [2.24, 2.45) is 0 Å². The van der Waals surface area contributed by atoms with Gasteiger partial charge < -0.3 is 144 Å². The second-order valence-electron chi connectivity index (χ2n) is 32.1. The Labute approximate surface area is 848 Å². The zero-order valence-corrected chi connectivity index (χ0v) is 89.8. The number of nitrogens with zero attached hydrogens (tertiary/aromatic N) is 7. The minimum absolute atomic E-state index is 0.000929. The number of aliphatic hydroxyl groups is 11. The first-order valence-corrected chi connectivity index (χ1v) is 56.8. The van der Waals surface area contributed by atoms with Gasteiger partial charge in [0.05, 0.1) is 204 Å². The zero-order chi connectivity index (χ0) is 109. The molecule has 0 saturated heterocycles. The van der Waals surface area contributed by atoms with E-state index in [2.05, 4.69) is 0 Å². The molecule has 0 aliphatic rings. The Morgan fingerprint density at radius 3 is 0.694 bits per heavy atom. The first-order chi connectivity index (χ1) is 67.7. The highest BCUT2D eigenvalue weighted by molar-refractivity contribution is 7.93. The quantitative estimate of drug-likeness (QED) is 0.0192. The van der Waals surface area contributed by atoms with E-state index in [1.807, 2.05) is 11.8 Å². The van der Waals surface area contributed by atoms with Gasteiger partial charge in [-0.3, -0.25) is 19.6 Å². The van der Waals surface area contributed by atoms with Crippen LogP contribution in [-0.2, 0) is 68.9 Å². The fourth-order valence-corrected chi connectivity index (χ4v) is 22.6. The maximum absolute atomic E-state index is 12.6. The van der Waals surface area contributed by atoms with Crippen LogP contribution in [0.1, 0.15) is 20.8 Å². The van der Waals surface area contributed by atoms with E-state index in [9.17, 15) is 69.1 Å². The van der Waals surface area contributed by atoms with Crippen molar-refractivity contribution in [3.05, 3.63) is 127 Å². The third-order valence-electron chi connectivity index (χ3n) is 21.1. The lowest BCUT2D eigenvalue weighted by molar-refractivity contribution is 0.0873. The Morgan fingerprint density at radius 1 is 0.250 bits per heavy atom. The van der Waals surface area contributed by atoms with Crippen molar-refractivity contribution in [1.29, 1.82) is 0 Å². The minimum atomic E-state index is -3.65. The first kappa shape index (κ1) is 133. The van der Waals surface area contributed by atoms with Crippen LogP contribution in [0.15, 0.2) is 162 Å². The van der Waals surface area contributed by atoms with E-state index in [-0.39, 0.29) is 213 Å². The smallest absolute Gasteiger partial charge is 0.183 e. The summed E-state index contributed by atoms with van der Waals surface area (Å²) in [5.41, 5.74) is 42.3. The van der Waals surface area contributed by atoms with Crippen molar-refractivity contribution >= 4 is 109 Å². The lowest BCUT2D eigenvalue weighted by Crippen LogP contribution is -2.39. The summed E-state index contributed by atoms with van der Waals surface area (Å²) in [5, 5.41) is 98.8. The number of anilines is 7. The number of hydrogen-bond donors (Lipinski definition) is 18. The van der Waals surface area contributed by atoms with Crippen LogP contribution in [0, 0.1) is 0 Å². The molecular weight excluding hydrogens is 2030 g/mol. The van der Waals surface area contributed by atoms with Gasteiger partial charge >= 0.3 is 0 Å². The van der Waals surface area contributed by atoms with Gasteiger partial charge in [0.2, 0.25) is 0 Å². The van der Waals surface area contributed by atoms with Crippen molar-refractivity contribution < 1.29 is 148 Å². The number of aliphatic hydroxyl groups excluding tert-OH is 11. The number of ether oxygens (including phenoxy) is 7. The highest BCUT2D eigenvalue weighted by Crippen LogP contribution is 2.38. The molecule has 0 fully saturated rings. The summed E-state index contributed by atoms with van der Waals surface area (Å²) in [4.78, 5) is 13.1. The van der Waals surface area contributed by atoms with Crippen molar-refractivity contribution in [2.75, 3.05) is 328 Å². The molecule has 0 aliphatic carbocycles. The van der Waals surface area contributed by atoms with E-state index >= 15 is 0 Å². The van der Waals surface area contributed by atoms with Crippen molar-refractivity contribution in [3.8, 4) is 40.2 Å². The van der Waals surface area contributed by atoms with Gasteiger partial charge in [0.25, 0.3) is 0 Å². The summed E-state index contributed by atoms with van der Waals surface area (Å²) in [6.45, 7) is 11.1. The molecule has 0 bridgehead atoms. The predicted octanol–water partition coefficient (Wildman–Crippen LogP) is -1.56. The Morgan fingerprint density at radius 2 is 0.458 bits per heavy atom. The average Bonchev–Trinajstić information content (AvgIpc) is 0.802. The lowest BCUT2D eigenvalue weighted by Gasteiger charge is -2.24. The van der Waals surface area contributed by atoms with E-state index in [4.69, 9.17) is 119 Å². The molecule has 0 saturated carbocycles. The second-order valence-corrected chi connectivity index (χ2v) is 46.8. The van der Waals surface area contributed by atoms with Crippen molar-refractivity contribution in [2.45, 2.75) is 67.2 Å². The van der Waals surface area contributed by atoms with Crippen molar-refractivity contribution in [1.82, 2.24) is 34.3 Å². The molecule has 46 nitrogen and oxygen atoms in total. The molecule has 2 unspecified atom stereocenters. The Balaban J connectivity index is 0.000000841. The van der Waals surface area contributed by atoms with Crippen LogP contribution in [-0.4, -0.2) is 450 Å². The van der Waals surface area contributed by atoms with Crippen LogP contribution in [0.4, 0.5) is 39.8 Å². The number of benzene rings is 7. The van der Waals surface area contributed by atoms with Crippen LogP contribution >= 0.6 is 0 Å². The molecule has 822 valence electrons. The first-order valence-electron chi connectivity index (χ1n) is 45.2. The van der Waals surface area contributed by atoms with Gasteiger partial charge in [-0.2, -0.15) is 0 Å². The topological polar surface area (TPSA) is 731 Å². The second kappa shape index (κ2) is 68.2. The van der Waals surface area contributed by atoms with E-state index in [0.29, 0.717) is 125 Å². The number of rotatable bonds is 58. The van der Waals surface area contributed by atoms with Crippen LogP contribution in [0.2, 0.25) is 0 Å². The molecular formula is C91H154N14O32S7. The molecule has 144 heavy (non-hydrogen) atoms. The highest BCUT2D eigenvalue weighted by Gasteiger charge is 2.29. The van der Waals surface area contributed by atoms with E-state index < -0.39 is 81.1 Å². The van der Waals surface area contributed by atoms with Gasteiger partial charge in [0, 0.05) is 171 Å². The normalized spacial score (nSPS) is 12.3.